The van der Waals surface area contributed by atoms with Crippen LogP contribution in [0.15, 0.2) is 17.3 Å². The lowest BCUT2D eigenvalue weighted by atomic mass is 10.1. The number of aryl methyl sites for hydroxylation is 1. The summed E-state index contributed by atoms with van der Waals surface area (Å²) in [5.41, 5.74) is 6.84. The standard InChI is InChI=1S/C14H23N5/c1-11-16-9-8-13(18-11)10-17-14(15)19-12-6-4-2-3-5-7-12/h8-9,12H,2-7,10H2,1H3,(H3,15,17,19). The molecule has 0 radical (unpaired) electrons. The highest BCUT2D eigenvalue weighted by atomic mass is 15.1. The Morgan fingerprint density at radius 3 is 2.79 bits per heavy atom. The minimum absolute atomic E-state index is 0.485. The maximum Gasteiger partial charge on any atom is 0.189 e. The third-order valence-electron chi connectivity index (χ3n) is 3.45. The minimum atomic E-state index is 0.485. The van der Waals surface area contributed by atoms with Crippen LogP contribution >= 0.6 is 0 Å². The van der Waals surface area contributed by atoms with Gasteiger partial charge in [-0.05, 0) is 25.8 Å². The average Bonchev–Trinajstić information content (AvgIpc) is 2.65. The number of hydrogen-bond donors (Lipinski definition) is 2. The number of rotatable bonds is 3. The second kappa shape index (κ2) is 7.07. The third kappa shape index (κ3) is 4.85. The van der Waals surface area contributed by atoms with Crippen LogP contribution < -0.4 is 11.1 Å². The predicted molar refractivity (Wildman–Crippen MR) is 76.7 cm³/mol. The molecule has 5 heteroatoms. The Labute approximate surface area is 114 Å². The van der Waals surface area contributed by atoms with Crippen molar-refractivity contribution in [3.63, 3.8) is 0 Å². The molecule has 0 aromatic carbocycles. The molecule has 0 aliphatic heterocycles. The fourth-order valence-corrected chi connectivity index (χ4v) is 2.44. The zero-order valence-electron chi connectivity index (χ0n) is 11.6. The molecule has 104 valence electrons. The fraction of sp³-hybridized carbons (Fsp3) is 0.643. The van der Waals surface area contributed by atoms with Gasteiger partial charge in [0.25, 0.3) is 0 Å². The molecule has 19 heavy (non-hydrogen) atoms. The van der Waals surface area contributed by atoms with Crippen molar-refractivity contribution in [1.29, 1.82) is 0 Å². The average molecular weight is 261 g/mol. The Morgan fingerprint density at radius 2 is 2.11 bits per heavy atom. The lowest BCUT2D eigenvalue weighted by Crippen LogP contribution is -2.39. The van der Waals surface area contributed by atoms with Crippen molar-refractivity contribution in [3.8, 4) is 0 Å². The smallest absolute Gasteiger partial charge is 0.189 e. The summed E-state index contributed by atoms with van der Waals surface area (Å²) >= 11 is 0. The normalized spacial score (nSPS) is 18.1. The van der Waals surface area contributed by atoms with Gasteiger partial charge in [0.15, 0.2) is 5.96 Å². The maximum atomic E-state index is 5.94. The molecule has 0 bridgehead atoms. The molecule has 1 aliphatic rings. The Bertz CT molecular complexity index is 422. The van der Waals surface area contributed by atoms with Gasteiger partial charge in [-0.3, -0.25) is 0 Å². The Morgan fingerprint density at radius 1 is 1.37 bits per heavy atom. The molecule has 3 N–H and O–H groups in total. The molecule has 1 aromatic heterocycles. The molecular weight excluding hydrogens is 238 g/mol. The number of nitrogens with zero attached hydrogens (tertiary/aromatic N) is 3. The van der Waals surface area contributed by atoms with E-state index < -0.39 is 0 Å². The summed E-state index contributed by atoms with van der Waals surface area (Å²) in [5.74, 6) is 1.30. The first-order chi connectivity index (χ1) is 9.24. The van der Waals surface area contributed by atoms with E-state index in [2.05, 4.69) is 20.3 Å². The first-order valence-corrected chi connectivity index (χ1v) is 7.09. The van der Waals surface area contributed by atoms with E-state index in [9.17, 15) is 0 Å². The third-order valence-corrected chi connectivity index (χ3v) is 3.45. The van der Waals surface area contributed by atoms with E-state index in [1.807, 2.05) is 13.0 Å². The summed E-state index contributed by atoms with van der Waals surface area (Å²) in [5, 5.41) is 3.33. The number of guanidine groups is 1. The predicted octanol–water partition coefficient (Wildman–Crippen LogP) is 1.91. The van der Waals surface area contributed by atoms with E-state index in [1.54, 1.807) is 6.20 Å². The van der Waals surface area contributed by atoms with Gasteiger partial charge in [-0.15, -0.1) is 0 Å². The molecule has 0 atom stereocenters. The van der Waals surface area contributed by atoms with Crippen molar-refractivity contribution < 1.29 is 0 Å². The summed E-state index contributed by atoms with van der Waals surface area (Å²) in [6.45, 7) is 2.38. The van der Waals surface area contributed by atoms with Crippen molar-refractivity contribution in [1.82, 2.24) is 15.3 Å². The van der Waals surface area contributed by atoms with Crippen molar-refractivity contribution in [3.05, 3.63) is 23.8 Å². The molecule has 0 saturated heterocycles. The summed E-state index contributed by atoms with van der Waals surface area (Å²) in [6.07, 6.45) is 9.41. The Kier molecular flexibility index (Phi) is 5.12. The van der Waals surface area contributed by atoms with Gasteiger partial charge in [0.1, 0.15) is 5.82 Å². The zero-order chi connectivity index (χ0) is 13.5. The zero-order valence-corrected chi connectivity index (χ0v) is 11.6. The largest absolute Gasteiger partial charge is 0.370 e. The minimum Gasteiger partial charge on any atom is -0.370 e. The number of aromatic nitrogens is 2. The molecule has 1 aromatic rings. The molecule has 1 aliphatic carbocycles. The van der Waals surface area contributed by atoms with Gasteiger partial charge >= 0.3 is 0 Å². The van der Waals surface area contributed by atoms with Crippen LogP contribution in [-0.4, -0.2) is 22.0 Å². The molecule has 1 fully saturated rings. The molecular formula is C14H23N5. The Hall–Kier alpha value is -1.65. The molecule has 5 nitrogen and oxygen atoms in total. The number of hydrogen-bond acceptors (Lipinski definition) is 3. The van der Waals surface area contributed by atoms with Crippen LogP contribution in [0.3, 0.4) is 0 Å². The van der Waals surface area contributed by atoms with Crippen molar-refractivity contribution in [2.24, 2.45) is 10.7 Å². The van der Waals surface area contributed by atoms with Gasteiger partial charge in [-0.1, -0.05) is 25.7 Å². The molecule has 1 saturated carbocycles. The van der Waals surface area contributed by atoms with E-state index in [-0.39, 0.29) is 0 Å². The van der Waals surface area contributed by atoms with Crippen LogP contribution in [0.2, 0.25) is 0 Å². The van der Waals surface area contributed by atoms with Gasteiger partial charge in [0, 0.05) is 12.2 Å². The van der Waals surface area contributed by atoms with E-state index in [4.69, 9.17) is 5.73 Å². The monoisotopic (exact) mass is 261 g/mol. The van der Waals surface area contributed by atoms with E-state index >= 15 is 0 Å². The van der Waals surface area contributed by atoms with Gasteiger partial charge in [0.05, 0.1) is 12.2 Å². The quantitative estimate of drug-likeness (QED) is 0.495. The lowest BCUT2D eigenvalue weighted by molar-refractivity contribution is 0.530. The first kappa shape index (κ1) is 13.8. The molecule has 0 unspecified atom stereocenters. The van der Waals surface area contributed by atoms with Crippen LogP contribution in [0.25, 0.3) is 0 Å². The molecule has 1 heterocycles. The molecule has 0 spiro atoms. The highest BCUT2D eigenvalue weighted by Crippen LogP contribution is 2.16. The van der Waals surface area contributed by atoms with Crippen LogP contribution in [0.5, 0.6) is 0 Å². The van der Waals surface area contributed by atoms with Crippen LogP contribution in [0.1, 0.15) is 50.0 Å². The van der Waals surface area contributed by atoms with Crippen LogP contribution in [0.4, 0.5) is 0 Å². The van der Waals surface area contributed by atoms with Gasteiger partial charge in [-0.2, -0.15) is 0 Å². The number of nitrogens with one attached hydrogen (secondary N) is 1. The van der Waals surface area contributed by atoms with E-state index in [1.165, 1.54) is 38.5 Å². The topological polar surface area (TPSA) is 76.2 Å². The SMILES string of the molecule is Cc1nccc(CN=C(N)NC2CCCCCC2)n1. The van der Waals surface area contributed by atoms with E-state index in [0.29, 0.717) is 18.5 Å². The second-order valence-corrected chi connectivity index (χ2v) is 5.13. The summed E-state index contributed by atoms with van der Waals surface area (Å²) in [4.78, 5) is 12.7. The lowest BCUT2D eigenvalue weighted by Gasteiger charge is -2.16. The summed E-state index contributed by atoms with van der Waals surface area (Å²) < 4.78 is 0. The highest BCUT2D eigenvalue weighted by molar-refractivity contribution is 5.78. The highest BCUT2D eigenvalue weighted by Gasteiger charge is 2.12. The fourth-order valence-electron chi connectivity index (χ4n) is 2.44. The Balaban J connectivity index is 1.84. The van der Waals surface area contributed by atoms with Crippen molar-refractivity contribution in [2.75, 3.05) is 0 Å². The van der Waals surface area contributed by atoms with Gasteiger partial charge < -0.3 is 11.1 Å². The van der Waals surface area contributed by atoms with Gasteiger partial charge in [-0.25, -0.2) is 15.0 Å². The van der Waals surface area contributed by atoms with E-state index in [0.717, 1.165) is 11.5 Å². The molecule has 2 rings (SSSR count). The number of nitrogens with two attached hydrogens (primary N) is 1. The maximum absolute atomic E-state index is 5.94. The molecule has 0 amide bonds. The van der Waals surface area contributed by atoms with Crippen LogP contribution in [0, 0.1) is 6.92 Å². The summed E-state index contributed by atoms with van der Waals surface area (Å²) in [7, 11) is 0. The first-order valence-electron chi connectivity index (χ1n) is 7.09. The van der Waals surface area contributed by atoms with Crippen LogP contribution in [-0.2, 0) is 6.54 Å². The van der Waals surface area contributed by atoms with Crippen molar-refractivity contribution >= 4 is 5.96 Å². The number of aliphatic imine (C=N–C) groups is 1. The summed E-state index contributed by atoms with van der Waals surface area (Å²) in [6, 6.07) is 2.36. The van der Waals surface area contributed by atoms with Gasteiger partial charge in [0.2, 0.25) is 0 Å². The van der Waals surface area contributed by atoms with Crippen molar-refractivity contribution in [2.45, 2.75) is 58.0 Å². The second-order valence-electron chi connectivity index (χ2n) is 5.13.